The normalized spacial score (nSPS) is 10.8. The van der Waals surface area contributed by atoms with Crippen LogP contribution < -0.4 is 0 Å². The lowest BCUT2D eigenvalue weighted by Gasteiger charge is -1.96. The molecule has 0 spiro atoms. The zero-order valence-electron chi connectivity index (χ0n) is 10.7. The zero-order chi connectivity index (χ0) is 14.1. The first kappa shape index (κ1) is 12.7. The molecular formula is C15H11NO3S. The van der Waals surface area contributed by atoms with Gasteiger partial charge in [0.1, 0.15) is 5.52 Å². The Bertz CT molecular complexity index is 777. The summed E-state index contributed by atoms with van der Waals surface area (Å²) in [6.07, 6.45) is 0. The first-order valence-corrected chi connectivity index (χ1v) is 6.82. The number of hydrogen-bond donors (Lipinski definition) is 1. The Hall–Kier alpha value is -2.27. The summed E-state index contributed by atoms with van der Waals surface area (Å²) in [5.74, 6) is -0.976. The van der Waals surface area contributed by atoms with Gasteiger partial charge >= 0.3 is 5.97 Å². The Balaban J connectivity index is 1.92. The van der Waals surface area contributed by atoms with Crippen molar-refractivity contribution in [3.63, 3.8) is 0 Å². The maximum Gasteiger partial charge on any atom is 0.335 e. The van der Waals surface area contributed by atoms with Gasteiger partial charge in [-0.3, -0.25) is 0 Å². The van der Waals surface area contributed by atoms with Crippen LogP contribution >= 0.6 is 11.8 Å². The van der Waals surface area contributed by atoms with E-state index >= 15 is 0 Å². The Morgan fingerprint density at radius 2 is 1.95 bits per heavy atom. The van der Waals surface area contributed by atoms with E-state index in [4.69, 9.17) is 9.52 Å². The zero-order valence-corrected chi connectivity index (χ0v) is 11.5. The number of oxazole rings is 1. The van der Waals surface area contributed by atoms with E-state index in [1.165, 1.54) is 29.5 Å². The molecule has 2 aromatic carbocycles. The van der Waals surface area contributed by atoms with E-state index in [1.54, 1.807) is 6.07 Å². The summed E-state index contributed by atoms with van der Waals surface area (Å²) >= 11 is 1.41. The van der Waals surface area contributed by atoms with Crippen LogP contribution in [0.1, 0.15) is 15.9 Å². The number of rotatable bonds is 3. The predicted octanol–water partition coefficient (Wildman–Crippen LogP) is 3.99. The Morgan fingerprint density at radius 3 is 2.65 bits per heavy atom. The topological polar surface area (TPSA) is 63.3 Å². The molecule has 3 rings (SSSR count). The van der Waals surface area contributed by atoms with E-state index in [9.17, 15) is 4.79 Å². The SMILES string of the molecule is Cc1ccc(Sc2nc3ccc(C(=O)O)cc3o2)cc1. The van der Waals surface area contributed by atoms with Gasteiger partial charge in [-0.15, -0.1) is 0 Å². The van der Waals surface area contributed by atoms with E-state index in [-0.39, 0.29) is 5.56 Å². The largest absolute Gasteiger partial charge is 0.478 e. The lowest BCUT2D eigenvalue weighted by Crippen LogP contribution is -1.94. The first-order chi connectivity index (χ1) is 9.61. The minimum Gasteiger partial charge on any atom is -0.478 e. The summed E-state index contributed by atoms with van der Waals surface area (Å²) < 4.78 is 5.58. The first-order valence-electron chi connectivity index (χ1n) is 6.00. The lowest BCUT2D eigenvalue weighted by atomic mass is 10.2. The predicted molar refractivity (Wildman–Crippen MR) is 76.3 cm³/mol. The molecule has 0 amide bonds. The molecule has 3 aromatic rings. The highest BCUT2D eigenvalue weighted by Crippen LogP contribution is 2.30. The molecule has 0 saturated carbocycles. The summed E-state index contributed by atoms with van der Waals surface area (Å²) in [5.41, 5.74) is 2.53. The fraction of sp³-hybridized carbons (Fsp3) is 0.0667. The number of aryl methyl sites for hydroxylation is 1. The van der Waals surface area contributed by atoms with Gasteiger partial charge in [-0.25, -0.2) is 9.78 Å². The van der Waals surface area contributed by atoms with Gasteiger partial charge in [-0.2, -0.15) is 0 Å². The summed E-state index contributed by atoms with van der Waals surface area (Å²) in [4.78, 5) is 16.3. The van der Waals surface area contributed by atoms with Crippen LogP contribution in [-0.2, 0) is 0 Å². The van der Waals surface area contributed by atoms with Crippen molar-refractivity contribution in [1.29, 1.82) is 0 Å². The quantitative estimate of drug-likeness (QED) is 0.788. The van der Waals surface area contributed by atoms with Crippen molar-refractivity contribution in [2.75, 3.05) is 0 Å². The number of carboxylic acids is 1. The number of aromatic carboxylic acids is 1. The molecular weight excluding hydrogens is 274 g/mol. The lowest BCUT2D eigenvalue weighted by molar-refractivity contribution is 0.0697. The van der Waals surface area contributed by atoms with Crippen LogP contribution in [0.25, 0.3) is 11.1 Å². The molecule has 100 valence electrons. The van der Waals surface area contributed by atoms with Gasteiger partial charge in [0.25, 0.3) is 5.22 Å². The van der Waals surface area contributed by atoms with Crippen LogP contribution in [0, 0.1) is 6.92 Å². The Morgan fingerprint density at radius 1 is 1.20 bits per heavy atom. The molecule has 0 fully saturated rings. The highest BCUT2D eigenvalue weighted by Gasteiger charge is 2.10. The van der Waals surface area contributed by atoms with E-state index in [1.807, 2.05) is 31.2 Å². The number of carboxylic acid groups (broad SMARTS) is 1. The van der Waals surface area contributed by atoms with Gasteiger partial charge in [0.05, 0.1) is 5.56 Å². The molecule has 5 heteroatoms. The molecule has 0 saturated heterocycles. The molecule has 20 heavy (non-hydrogen) atoms. The number of hydrogen-bond acceptors (Lipinski definition) is 4. The monoisotopic (exact) mass is 285 g/mol. The number of aromatic nitrogens is 1. The van der Waals surface area contributed by atoms with Crippen molar-refractivity contribution < 1.29 is 14.3 Å². The van der Waals surface area contributed by atoms with Crippen LogP contribution in [0.15, 0.2) is 57.0 Å². The van der Waals surface area contributed by atoms with Crippen LogP contribution in [0.2, 0.25) is 0 Å². The molecule has 0 aliphatic heterocycles. The number of carbonyl (C=O) groups is 1. The second-order valence-electron chi connectivity index (χ2n) is 4.38. The highest BCUT2D eigenvalue weighted by atomic mass is 32.2. The fourth-order valence-corrected chi connectivity index (χ4v) is 2.54. The second kappa shape index (κ2) is 5.02. The van der Waals surface area contributed by atoms with Gasteiger partial charge in [-0.1, -0.05) is 17.7 Å². The Kier molecular flexibility index (Phi) is 3.20. The highest BCUT2D eigenvalue weighted by molar-refractivity contribution is 7.99. The molecule has 4 nitrogen and oxygen atoms in total. The van der Waals surface area contributed by atoms with Crippen LogP contribution in [-0.4, -0.2) is 16.1 Å². The van der Waals surface area contributed by atoms with Crippen molar-refractivity contribution in [1.82, 2.24) is 4.98 Å². The molecule has 1 heterocycles. The minimum absolute atomic E-state index is 0.195. The van der Waals surface area contributed by atoms with Crippen molar-refractivity contribution in [3.05, 3.63) is 53.6 Å². The average molecular weight is 285 g/mol. The molecule has 0 radical (unpaired) electrons. The molecule has 0 aliphatic rings. The molecule has 1 aromatic heterocycles. The fourth-order valence-electron chi connectivity index (χ4n) is 1.79. The maximum atomic E-state index is 10.9. The van der Waals surface area contributed by atoms with E-state index < -0.39 is 5.97 Å². The van der Waals surface area contributed by atoms with Gasteiger partial charge in [-0.05, 0) is 49.0 Å². The number of nitrogens with zero attached hydrogens (tertiary/aromatic N) is 1. The number of fused-ring (bicyclic) bond motifs is 1. The van der Waals surface area contributed by atoms with Gasteiger partial charge in [0, 0.05) is 4.90 Å². The van der Waals surface area contributed by atoms with Gasteiger partial charge in [0.2, 0.25) is 0 Å². The van der Waals surface area contributed by atoms with E-state index in [0.717, 1.165) is 4.90 Å². The van der Waals surface area contributed by atoms with Crippen molar-refractivity contribution in [2.45, 2.75) is 17.0 Å². The third-order valence-corrected chi connectivity index (χ3v) is 3.70. The van der Waals surface area contributed by atoms with Crippen LogP contribution in [0.3, 0.4) is 0 Å². The van der Waals surface area contributed by atoms with Crippen molar-refractivity contribution in [3.8, 4) is 0 Å². The molecule has 0 aliphatic carbocycles. The second-order valence-corrected chi connectivity index (χ2v) is 5.41. The average Bonchev–Trinajstić information content (AvgIpc) is 2.82. The third-order valence-electron chi connectivity index (χ3n) is 2.84. The van der Waals surface area contributed by atoms with Crippen LogP contribution in [0.5, 0.6) is 0 Å². The van der Waals surface area contributed by atoms with Crippen molar-refractivity contribution >= 4 is 28.8 Å². The standard InChI is InChI=1S/C15H11NO3S/c1-9-2-5-11(6-3-9)20-15-16-12-7-4-10(14(17)18)8-13(12)19-15/h2-8H,1H3,(H,17,18). The van der Waals surface area contributed by atoms with Gasteiger partial charge in [0.15, 0.2) is 5.58 Å². The van der Waals surface area contributed by atoms with Crippen molar-refractivity contribution in [2.24, 2.45) is 0 Å². The molecule has 0 atom stereocenters. The molecule has 0 unspecified atom stereocenters. The van der Waals surface area contributed by atoms with Crippen LogP contribution in [0.4, 0.5) is 0 Å². The summed E-state index contributed by atoms with van der Waals surface area (Å²) in [6.45, 7) is 2.03. The molecule has 0 bridgehead atoms. The minimum atomic E-state index is -0.976. The Labute approximate surface area is 119 Å². The maximum absolute atomic E-state index is 10.9. The third kappa shape index (κ3) is 2.53. The number of benzene rings is 2. The van der Waals surface area contributed by atoms with Gasteiger partial charge < -0.3 is 9.52 Å². The summed E-state index contributed by atoms with van der Waals surface area (Å²) in [6, 6.07) is 12.7. The van der Waals surface area contributed by atoms with E-state index in [2.05, 4.69) is 4.98 Å². The summed E-state index contributed by atoms with van der Waals surface area (Å²) in [5, 5.41) is 9.45. The summed E-state index contributed by atoms with van der Waals surface area (Å²) in [7, 11) is 0. The molecule has 1 N–H and O–H groups in total. The smallest absolute Gasteiger partial charge is 0.335 e. The van der Waals surface area contributed by atoms with E-state index in [0.29, 0.717) is 16.3 Å².